The normalized spacial score (nSPS) is 12.1. The number of rotatable bonds is 3. The highest BCUT2D eigenvalue weighted by molar-refractivity contribution is 7.26. The molecule has 0 bridgehead atoms. The summed E-state index contributed by atoms with van der Waals surface area (Å²) in [5.74, 6) is 1.80. The van der Waals surface area contributed by atoms with Gasteiger partial charge in [-0.15, -0.1) is 22.7 Å². The number of nitrogens with zero attached hydrogens (tertiary/aromatic N) is 3. The zero-order valence-electron chi connectivity index (χ0n) is 26.1. The van der Waals surface area contributed by atoms with Crippen LogP contribution >= 0.6 is 34.3 Å². The first-order valence-corrected chi connectivity index (χ1v) is 18.3. The molecule has 0 aliphatic carbocycles. The third kappa shape index (κ3) is 4.13. The van der Waals surface area contributed by atoms with Gasteiger partial charge in [0.1, 0.15) is 11.2 Å². The first-order chi connectivity index (χ1) is 24.7. The minimum Gasteiger partial charge on any atom is -0.456 e. The Bertz CT molecular complexity index is 3060. The first kappa shape index (κ1) is 28.2. The Hall–Kier alpha value is -5.66. The quantitative estimate of drug-likeness (QED) is 0.185. The largest absolute Gasteiger partial charge is 0.456 e. The highest BCUT2D eigenvalue weighted by Gasteiger charge is 2.23. The molecule has 7 heteroatoms. The van der Waals surface area contributed by atoms with Gasteiger partial charge in [0, 0.05) is 68.5 Å². The van der Waals surface area contributed by atoms with Crippen LogP contribution in [0.15, 0.2) is 138 Å². The van der Waals surface area contributed by atoms with E-state index in [1.165, 1.54) is 24.9 Å². The maximum atomic E-state index is 7.19. The number of hydrogen-bond donors (Lipinski definition) is 0. The fourth-order valence-corrected chi connectivity index (χ4v) is 9.99. The monoisotopic (exact) mass is 695 g/mol. The van der Waals surface area contributed by atoms with E-state index in [4.69, 9.17) is 31.0 Å². The fourth-order valence-electron chi connectivity index (χ4n) is 7.31. The lowest BCUT2D eigenvalue weighted by molar-refractivity contribution is 0.669. The summed E-state index contributed by atoms with van der Waals surface area (Å²) in [5.41, 5.74) is 4.39. The van der Waals surface area contributed by atoms with Gasteiger partial charge in [-0.05, 0) is 41.8 Å². The minimum absolute atomic E-state index is 0.579. The van der Waals surface area contributed by atoms with Crippen LogP contribution in [-0.2, 0) is 0 Å². The SMILES string of the molecule is Clc1c2ccccc2c(-c2nc(-c3ccc4c(c3)oc3ccccc34)nc(-c3ccc4c(c3)sc3ccccc34)n2)c2c1sc1ccccc12. The molecular weight excluding hydrogens is 674 g/mol. The number of para-hydroxylation sites is 1. The molecule has 0 saturated carbocycles. The van der Waals surface area contributed by atoms with Crippen molar-refractivity contribution in [1.29, 1.82) is 0 Å². The Morgan fingerprint density at radius 2 is 1.00 bits per heavy atom. The highest BCUT2D eigenvalue weighted by atomic mass is 35.5. The van der Waals surface area contributed by atoms with Crippen LogP contribution in [0.2, 0.25) is 5.02 Å². The molecule has 50 heavy (non-hydrogen) atoms. The summed E-state index contributed by atoms with van der Waals surface area (Å²) in [7, 11) is 0. The summed E-state index contributed by atoms with van der Waals surface area (Å²) in [6.07, 6.45) is 0. The van der Waals surface area contributed by atoms with E-state index in [0.29, 0.717) is 17.5 Å². The second kappa shape index (κ2) is 10.7. The maximum Gasteiger partial charge on any atom is 0.165 e. The van der Waals surface area contributed by atoms with Crippen molar-refractivity contribution >= 4 is 107 Å². The Balaban J connectivity index is 1.23. The number of halogens is 1. The Morgan fingerprint density at radius 3 is 1.80 bits per heavy atom. The molecule has 0 unspecified atom stereocenters. The van der Waals surface area contributed by atoms with Crippen molar-refractivity contribution in [2.24, 2.45) is 0 Å². The number of fused-ring (bicyclic) bond motifs is 10. The van der Waals surface area contributed by atoms with Gasteiger partial charge in [0.25, 0.3) is 0 Å². The predicted molar refractivity (Wildman–Crippen MR) is 212 cm³/mol. The second-order valence-corrected chi connectivity index (χ2v) is 15.0. The molecule has 0 radical (unpaired) electrons. The maximum absolute atomic E-state index is 7.19. The Labute approximate surface area is 297 Å². The van der Waals surface area contributed by atoms with Crippen LogP contribution in [0.4, 0.5) is 0 Å². The van der Waals surface area contributed by atoms with Gasteiger partial charge in [-0.3, -0.25) is 0 Å². The molecule has 0 aliphatic rings. The summed E-state index contributed by atoms with van der Waals surface area (Å²) in [6, 6.07) is 46.2. The zero-order chi connectivity index (χ0) is 32.9. The van der Waals surface area contributed by atoms with Gasteiger partial charge in [-0.25, -0.2) is 15.0 Å². The summed E-state index contributed by atoms with van der Waals surface area (Å²) in [5, 5.41) is 9.56. The van der Waals surface area contributed by atoms with Gasteiger partial charge in [0.05, 0.1) is 9.72 Å². The average molecular weight is 696 g/mol. The summed E-state index contributed by atoms with van der Waals surface area (Å²) in [6.45, 7) is 0. The molecule has 11 aromatic rings. The van der Waals surface area contributed by atoms with E-state index in [-0.39, 0.29) is 0 Å². The average Bonchev–Trinajstić information content (AvgIpc) is 3.86. The summed E-state index contributed by atoms with van der Waals surface area (Å²) in [4.78, 5) is 15.7. The van der Waals surface area contributed by atoms with Crippen LogP contribution in [-0.4, -0.2) is 15.0 Å². The van der Waals surface area contributed by atoms with Crippen LogP contribution in [0.5, 0.6) is 0 Å². The van der Waals surface area contributed by atoms with Gasteiger partial charge in [-0.2, -0.15) is 0 Å². The lowest BCUT2D eigenvalue weighted by Crippen LogP contribution is -2.01. The van der Waals surface area contributed by atoms with E-state index in [0.717, 1.165) is 69.9 Å². The Morgan fingerprint density at radius 1 is 0.440 bits per heavy atom. The van der Waals surface area contributed by atoms with Crippen molar-refractivity contribution in [3.63, 3.8) is 0 Å². The molecule has 0 aliphatic heterocycles. The Kier molecular flexibility index (Phi) is 6.02. The van der Waals surface area contributed by atoms with Crippen LogP contribution < -0.4 is 0 Å². The van der Waals surface area contributed by atoms with Crippen molar-refractivity contribution in [2.75, 3.05) is 0 Å². The van der Waals surface area contributed by atoms with E-state index < -0.39 is 0 Å². The topological polar surface area (TPSA) is 51.8 Å². The molecule has 0 N–H and O–H groups in total. The van der Waals surface area contributed by atoms with E-state index in [1.807, 2.05) is 30.3 Å². The number of furan rings is 1. The van der Waals surface area contributed by atoms with Crippen LogP contribution in [0.25, 0.3) is 107 Å². The number of thiophene rings is 2. The zero-order valence-corrected chi connectivity index (χ0v) is 28.5. The number of aromatic nitrogens is 3. The lowest BCUT2D eigenvalue weighted by atomic mass is 9.97. The third-order valence-corrected chi connectivity index (χ3v) is 12.4. The van der Waals surface area contributed by atoms with Crippen LogP contribution in [0, 0.1) is 0 Å². The number of hydrogen-bond acceptors (Lipinski definition) is 6. The molecule has 4 nitrogen and oxygen atoms in total. The van der Waals surface area contributed by atoms with Crippen molar-refractivity contribution < 1.29 is 4.42 Å². The van der Waals surface area contributed by atoms with E-state index in [9.17, 15) is 0 Å². The minimum atomic E-state index is 0.579. The lowest BCUT2D eigenvalue weighted by Gasteiger charge is -2.13. The first-order valence-electron chi connectivity index (χ1n) is 16.3. The molecule has 0 atom stereocenters. The molecule has 0 fully saturated rings. The van der Waals surface area contributed by atoms with Gasteiger partial charge in [0.2, 0.25) is 0 Å². The molecule has 7 aromatic carbocycles. The van der Waals surface area contributed by atoms with E-state index in [1.54, 1.807) is 22.7 Å². The molecule has 11 rings (SSSR count). The van der Waals surface area contributed by atoms with Crippen molar-refractivity contribution in [1.82, 2.24) is 15.0 Å². The van der Waals surface area contributed by atoms with Gasteiger partial charge in [0.15, 0.2) is 17.5 Å². The predicted octanol–water partition coefficient (Wildman–Crippen LogP) is 13.3. The third-order valence-electron chi connectivity index (χ3n) is 9.61. The van der Waals surface area contributed by atoms with Crippen molar-refractivity contribution in [3.8, 4) is 34.2 Å². The number of benzene rings is 7. The van der Waals surface area contributed by atoms with E-state index >= 15 is 0 Å². The smallest absolute Gasteiger partial charge is 0.165 e. The van der Waals surface area contributed by atoms with Crippen LogP contribution in [0.3, 0.4) is 0 Å². The van der Waals surface area contributed by atoms with Crippen molar-refractivity contribution in [2.45, 2.75) is 0 Å². The molecule has 0 amide bonds. The standard InChI is InChI=1S/C43H22ClN3OS2/c44-39-30-12-2-1-11-29(30)38(37-31-13-5-8-16-35(31)50-40(37)39)43-46-41(23-17-19-26-25-9-3-6-14-32(25)48-33(26)21-23)45-42(47-43)24-18-20-28-27-10-4-7-15-34(27)49-36(28)22-24/h1-22H. The summed E-state index contributed by atoms with van der Waals surface area (Å²) < 4.78 is 11.0. The molecule has 4 aromatic heterocycles. The van der Waals surface area contributed by atoms with Crippen molar-refractivity contribution in [3.05, 3.63) is 138 Å². The molecule has 0 saturated heterocycles. The second-order valence-electron chi connectivity index (χ2n) is 12.5. The van der Waals surface area contributed by atoms with Gasteiger partial charge >= 0.3 is 0 Å². The van der Waals surface area contributed by atoms with Crippen LogP contribution in [0.1, 0.15) is 0 Å². The summed E-state index contributed by atoms with van der Waals surface area (Å²) >= 11 is 10.7. The molecule has 0 spiro atoms. The van der Waals surface area contributed by atoms with Gasteiger partial charge < -0.3 is 4.42 Å². The fraction of sp³-hybridized carbons (Fsp3) is 0. The molecular formula is C43H22ClN3OS2. The van der Waals surface area contributed by atoms with Gasteiger partial charge in [-0.1, -0.05) is 109 Å². The molecule has 234 valence electrons. The van der Waals surface area contributed by atoms with E-state index in [2.05, 4.69) is 103 Å². The molecule has 4 heterocycles. The highest BCUT2D eigenvalue weighted by Crippen LogP contribution is 2.48.